The van der Waals surface area contributed by atoms with E-state index in [2.05, 4.69) is 229 Å². The number of hydrogen-bond donors (Lipinski definition) is 0. The van der Waals surface area contributed by atoms with Crippen LogP contribution in [0.1, 0.15) is 0 Å². The molecule has 0 fully saturated rings. The summed E-state index contributed by atoms with van der Waals surface area (Å²) in [7, 11) is 0. The zero-order valence-corrected chi connectivity index (χ0v) is 37.6. The molecule has 0 aliphatic carbocycles. The van der Waals surface area contributed by atoms with Crippen LogP contribution in [0.15, 0.2) is 243 Å². The Hall–Kier alpha value is -8.77. The summed E-state index contributed by atoms with van der Waals surface area (Å²) in [5.41, 5.74) is 17.1. The van der Waals surface area contributed by atoms with Gasteiger partial charge >= 0.3 is 0 Å². The summed E-state index contributed by atoms with van der Waals surface area (Å²) < 4.78 is 3.54. The van der Waals surface area contributed by atoms with Gasteiger partial charge < -0.3 is 4.57 Å². The van der Waals surface area contributed by atoms with E-state index in [-0.39, 0.29) is 0 Å². The number of para-hydroxylation sites is 2. The predicted octanol–water partition coefficient (Wildman–Crippen LogP) is 17.0. The highest BCUT2D eigenvalue weighted by Crippen LogP contribution is 2.50. The molecule has 4 heterocycles. The molecule has 0 N–H and O–H groups in total. The number of hydrogen-bond acceptors (Lipinski definition) is 4. The van der Waals surface area contributed by atoms with E-state index >= 15 is 0 Å². The van der Waals surface area contributed by atoms with E-state index in [1.54, 1.807) is 0 Å². The zero-order valence-electron chi connectivity index (χ0n) is 36.8. The molecular formula is C63H40N4S. The van der Waals surface area contributed by atoms with Gasteiger partial charge in [0.1, 0.15) is 0 Å². The first-order valence-electron chi connectivity index (χ1n) is 22.9. The van der Waals surface area contributed by atoms with Crippen LogP contribution < -0.4 is 0 Å². The minimum atomic E-state index is 0.685. The summed E-state index contributed by atoms with van der Waals surface area (Å²) in [5.74, 6) is 0.685. The van der Waals surface area contributed by atoms with Gasteiger partial charge in [0.25, 0.3) is 0 Å². The minimum absolute atomic E-state index is 0.685. The molecule has 0 atom stereocenters. The Morgan fingerprint density at radius 2 is 0.868 bits per heavy atom. The highest BCUT2D eigenvalue weighted by atomic mass is 32.1. The first-order chi connectivity index (χ1) is 33.7. The topological polar surface area (TPSA) is 43.6 Å². The van der Waals surface area contributed by atoms with E-state index in [0.29, 0.717) is 5.82 Å². The fourth-order valence-electron chi connectivity index (χ4n) is 9.80. The van der Waals surface area contributed by atoms with E-state index in [0.717, 1.165) is 67.1 Å². The maximum absolute atomic E-state index is 5.49. The third-order valence-corrected chi connectivity index (χ3v) is 14.3. The van der Waals surface area contributed by atoms with Crippen molar-refractivity contribution >= 4 is 54.1 Å². The molecule has 0 spiro atoms. The molecule has 0 bridgehead atoms. The highest BCUT2D eigenvalue weighted by molar-refractivity contribution is 7.23. The van der Waals surface area contributed by atoms with E-state index in [4.69, 9.17) is 15.0 Å². The van der Waals surface area contributed by atoms with E-state index in [1.807, 2.05) is 29.5 Å². The van der Waals surface area contributed by atoms with Crippen molar-refractivity contribution in [1.29, 1.82) is 0 Å². The fourth-order valence-corrected chi connectivity index (χ4v) is 11.2. The van der Waals surface area contributed by atoms with Crippen LogP contribution in [0, 0.1) is 0 Å². The van der Waals surface area contributed by atoms with Crippen molar-refractivity contribution in [3.05, 3.63) is 243 Å². The van der Waals surface area contributed by atoms with Gasteiger partial charge in [0.2, 0.25) is 0 Å². The van der Waals surface area contributed by atoms with Gasteiger partial charge in [0.05, 0.1) is 38.3 Å². The quantitative estimate of drug-likeness (QED) is 0.153. The smallest absolute Gasteiger partial charge is 0.160 e. The van der Waals surface area contributed by atoms with Gasteiger partial charge in [0, 0.05) is 59.9 Å². The SMILES string of the molecule is c1ccc(-c2nc(-c3ccc(-c4ccc5c(c4)nc(-c4ccccc4)c4sc(-c6ccccc6)c(-c6ccccc6)c45)cc3)cc(-c3cccc(-n4c5ccccc5c5ccccc54)c3)n2)cc1. The molecule has 13 rings (SSSR count). The molecule has 9 aromatic carbocycles. The number of fused-ring (bicyclic) bond motifs is 6. The number of nitrogens with zero attached hydrogens (tertiary/aromatic N) is 4. The Morgan fingerprint density at radius 3 is 1.53 bits per heavy atom. The molecule has 0 saturated carbocycles. The molecule has 13 aromatic rings. The Kier molecular flexibility index (Phi) is 9.66. The van der Waals surface area contributed by atoms with Gasteiger partial charge in [0.15, 0.2) is 5.82 Å². The molecule has 0 aliphatic heterocycles. The molecule has 4 aromatic heterocycles. The van der Waals surface area contributed by atoms with E-state index in [9.17, 15) is 0 Å². The summed E-state index contributed by atoms with van der Waals surface area (Å²) in [4.78, 5) is 17.1. The van der Waals surface area contributed by atoms with Crippen LogP contribution in [0.25, 0.3) is 126 Å². The number of aromatic nitrogens is 4. The van der Waals surface area contributed by atoms with Crippen molar-refractivity contribution in [1.82, 2.24) is 19.5 Å². The van der Waals surface area contributed by atoms with Gasteiger partial charge in [-0.05, 0) is 58.7 Å². The molecule has 318 valence electrons. The first-order valence-corrected chi connectivity index (χ1v) is 23.7. The Bertz CT molecular complexity index is 3940. The molecule has 0 unspecified atom stereocenters. The summed E-state index contributed by atoms with van der Waals surface area (Å²) in [5, 5.41) is 4.85. The average Bonchev–Trinajstić information content (AvgIpc) is 3.99. The van der Waals surface area contributed by atoms with Crippen LogP contribution >= 0.6 is 11.3 Å². The van der Waals surface area contributed by atoms with Crippen molar-refractivity contribution in [2.24, 2.45) is 0 Å². The van der Waals surface area contributed by atoms with Gasteiger partial charge in [-0.1, -0.05) is 206 Å². The van der Waals surface area contributed by atoms with Crippen molar-refractivity contribution in [3.63, 3.8) is 0 Å². The van der Waals surface area contributed by atoms with E-state index in [1.165, 1.54) is 53.5 Å². The highest BCUT2D eigenvalue weighted by Gasteiger charge is 2.23. The van der Waals surface area contributed by atoms with Gasteiger partial charge in [-0.3, -0.25) is 0 Å². The first kappa shape index (κ1) is 39.6. The van der Waals surface area contributed by atoms with Crippen molar-refractivity contribution in [2.45, 2.75) is 0 Å². The predicted molar refractivity (Wildman–Crippen MR) is 285 cm³/mol. The lowest BCUT2D eigenvalue weighted by Crippen LogP contribution is -1.98. The molecular weight excluding hydrogens is 845 g/mol. The van der Waals surface area contributed by atoms with Gasteiger partial charge in [-0.25, -0.2) is 15.0 Å². The number of pyridine rings is 1. The molecule has 5 heteroatoms. The standard InChI is InChI=1S/C63H40N4S/c1-5-18-43(19-6-1)58-59-52-37-36-47(39-55(52)64-60(44-20-7-2-8-21-44)62(59)68-61(58)45-22-9-3-10-23-45)41-32-34-42(35-33-41)53-40-54(66-63(65-53)46-24-11-4-12-25-46)48-26-17-27-49(38-48)67-56-30-15-13-28-50(56)51-29-14-16-31-57(51)67/h1-40H. The van der Waals surface area contributed by atoms with Crippen LogP contribution in [0.2, 0.25) is 0 Å². The summed E-state index contributed by atoms with van der Waals surface area (Å²) in [6.45, 7) is 0. The van der Waals surface area contributed by atoms with Gasteiger partial charge in [-0.15, -0.1) is 11.3 Å². The van der Waals surface area contributed by atoms with Crippen molar-refractivity contribution in [2.75, 3.05) is 0 Å². The second kappa shape index (κ2) is 16.6. The fraction of sp³-hybridized carbons (Fsp3) is 0. The largest absolute Gasteiger partial charge is 0.309 e. The van der Waals surface area contributed by atoms with Crippen molar-refractivity contribution < 1.29 is 0 Å². The Balaban J connectivity index is 0.925. The molecule has 0 amide bonds. The summed E-state index contributed by atoms with van der Waals surface area (Å²) in [6.07, 6.45) is 0. The summed E-state index contributed by atoms with van der Waals surface area (Å²) in [6, 6.07) is 86.0. The second-order valence-electron chi connectivity index (χ2n) is 17.1. The Morgan fingerprint density at radius 1 is 0.338 bits per heavy atom. The molecule has 0 radical (unpaired) electrons. The molecule has 68 heavy (non-hydrogen) atoms. The lowest BCUT2D eigenvalue weighted by molar-refractivity contribution is 1.16. The number of thiophene rings is 1. The maximum atomic E-state index is 5.49. The summed E-state index contributed by atoms with van der Waals surface area (Å²) >= 11 is 1.83. The lowest BCUT2D eigenvalue weighted by atomic mass is 9.94. The van der Waals surface area contributed by atoms with E-state index < -0.39 is 0 Å². The number of rotatable bonds is 8. The van der Waals surface area contributed by atoms with Crippen LogP contribution in [0.5, 0.6) is 0 Å². The third kappa shape index (κ3) is 6.88. The molecule has 4 nitrogen and oxygen atoms in total. The lowest BCUT2D eigenvalue weighted by Gasteiger charge is -2.13. The van der Waals surface area contributed by atoms with Crippen molar-refractivity contribution in [3.8, 4) is 83.5 Å². The normalized spacial score (nSPS) is 11.5. The second-order valence-corrected chi connectivity index (χ2v) is 18.1. The van der Waals surface area contributed by atoms with Crippen LogP contribution in [-0.2, 0) is 0 Å². The molecule has 0 aliphatic rings. The molecule has 0 saturated heterocycles. The Labute approximate surface area is 397 Å². The minimum Gasteiger partial charge on any atom is -0.309 e. The van der Waals surface area contributed by atoms with Crippen LogP contribution in [0.3, 0.4) is 0 Å². The van der Waals surface area contributed by atoms with Crippen LogP contribution in [0.4, 0.5) is 0 Å². The maximum Gasteiger partial charge on any atom is 0.160 e. The average molecular weight is 885 g/mol. The third-order valence-electron chi connectivity index (χ3n) is 13.0. The van der Waals surface area contributed by atoms with Crippen LogP contribution in [-0.4, -0.2) is 19.5 Å². The monoisotopic (exact) mass is 884 g/mol. The zero-order chi connectivity index (χ0) is 45.0. The number of benzene rings is 9. The van der Waals surface area contributed by atoms with Gasteiger partial charge in [-0.2, -0.15) is 0 Å².